The number of nitrogens with one attached hydrogen (secondary N) is 1. The van der Waals surface area contributed by atoms with E-state index in [0.717, 1.165) is 38.5 Å². The molecule has 0 aromatic carbocycles. The fourth-order valence-corrected chi connectivity index (χ4v) is 10.2. The third kappa shape index (κ3) is 32.1. The van der Waals surface area contributed by atoms with Crippen molar-refractivity contribution in [2.45, 2.75) is 306 Å². The van der Waals surface area contributed by atoms with Crippen molar-refractivity contribution in [1.82, 2.24) is 5.32 Å². The maximum atomic E-state index is 13.0. The van der Waals surface area contributed by atoms with E-state index in [-0.39, 0.29) is 18.9 Å². The van der Waals surface area contributed by atoms with Gasteiger partial charge >= 0.3 is 0 Å². The summed E-state index contributed by atoms with van der Waals surface area (Å²) in [5.74, 6) is -0.252. The van der Waals surface area contributed by atoms with Gasteiger partial charge in [0.1, 0.15) is 30.5 Å². The highest BCUT2D eigenvalue weighted by Gasteiger charge is 2.44. The number of amides is 1. The maximum absolute atomic E-state index is 13.0. The van der Waals surface area contributed by atoms with Crippen LogP contribution in [-0.2, 0) is 14.3 Å². The predicted molar refractivity (Wildman–Crippen MR) is 259 cm³/mol. The second-order valence-electron chi connectivity index (χ2n) is 20.4. The average Bonchev–Trinajstić information content (AvgIpc) is 3.24. The Morgan fingerprint density at radius 3 is 1.35 bits per heavy atom. The van der Waals surface area contributed by atoms with Gasteiger partial charge in [-0.1, -0.05) is 238 Å². The van der Waals surface area contributed by atoms with Gasteiger partial charge in [0.2, 0.25) is 5.91 Å². The van der Waals surface area contributed by atoms with Crippen LogP contribution in [0.15, 0.2) is 0 Å². The van der Waals surface area contributed by atoms with E-state index in [0.29, 0.717) is 6.42 Å². The van der Waals surface area contributed by atoms with Gasteiger partial charge in [0.05, 0.1) is 25.4 Å². The van der Waals surface area contributed by atoms with Gasteiger partial charge in [-0.3, -0.25) is 4.79 Å². The lowest BCUT2D eigenvalue weighted by Gasteiger charge is -2.40. The molecule has 1 aliphatic heterocycles. The molecule has 1 saturated heterocycles. The Balaban J connectivity index is 2.24. The zero-order valence-corrected chi connectivity index (χ0v) is 41.9. The van der Waals surface area contributed by atoms with Gasteiger partial charge in [-0.25, -0.2) is 0 Å². The van der Waals surface area contributed by atoms with Crippen LogP contribution >= 0.6 is 0 Å². The minimum Gasteiger partial charge on any atom is -0.394 e. The topological polar surface area (TPSA) is 169 Å². The minimum atomic E-state index is -1.60. The Labute approximate surface area is 382 Å². The Morgan fingerprint density at radius 1 is 0.565 bits per heavy atom. The second kappa shape index (κ2) is 39.5. The summed E-state index contributed by atoms with van der Waals surface area (Å²) in [5, 5.41) is 65.3. The molecule has 3 unspecified atom stereocenters. The molecule has 1 rings (SSSR count). The zero-order valence-electron chi connectivity index (χ0n) is 40.9. The molecule has 1 aliphatic rings. The highest BCUT2D eigenvalue weighted by molar-refractivity contribution is 6.76. The van der Waals surface area contributed by atoms with E-state index in [4.69, 9.17) is 9.47 Å². The van der Waals surface area contributed by atoms with E-state index < -0.39 is 63.6 Å². The highest BCUT2D eigenvalue weighted by Crippen LogP contribution is 2.24. The average molecular weight is 902 g/mol. The van der Waals surface area contributed by atoms with Crippen LogP contribution in [0.2, 0.25) is 25.7 Å². The summed E-state index contributed by atoms with van der Waals surface area (Å²) < 4.78 is 11.2. The Bertz CT molecular complexity index is 1000. The van der Waals surface area contributed by atoms with Crippen LogP contribution < -0.4 is 5.32 Å². The van der Waals surface area contributed by atoms with Crippen LogP contribution in [-0.4, -0.2) is 107 Å². The molecule has 11 heteroatoms. The molecule has 1 fully saturated rings. The van der Waals surface area contributed by atoms with Gasteiger partial charge in [-0.2, -0.15) is 0 Å². The van der Waals surface area contributed by atoms with Crippen LogP contribution in [0.1, 0.15) is 232 Å². The molecule has 1 amide bonds. The summed E-state index contributed by atoms with van der Waals surface area (Å²) in [6, 6.07) is 0.507. The molecule has 0 aromatic rings. The van der Waals surface area contributed by atoms with Crippen LogP contribution in [0.3, 0.4) is 0 Å². The van der Waals surface area contributed by atoms with Crippen molar-refractivity contribution in [2.75, 3.05) is 13.2 Å². The van der Waals surface area contributed by atoms with E-state index >= 15 is 0 Å². The second-order valence-corrected chi connectivity index (χ2v) is 26.0. The van der Waals surface area contributed by atoms with Gasteiger partial charge in [0, 0.05) is 14.5 Å². The third-order valence-electron chi connectivity index (χ3n) is 13.1. The number of carbonyl (C=O) groups excluding carboxylic acids is 1. The molecule has 0 saturated carbocycles. The molecule has 7 N–H and O–H groups in total. The Hall–Kier alpha value is -0.633. The molecule has 0 spiro atoms. The molecular weight excluding hydrogens is 799 g/mol. The summed E-state index contributed by atoms with van der Waals surface area (Å²) in [4.78, 5) is 13.0. The maximum Gasteiger partial charge on any atom is 0.220 e. The molecule has 10 nitrogen and oxygen atoms in total. The standard InChI is InChI=1S/C51H103NO9Si/c1-5-6-7-8-9-10-11-23-26-29-32-35-38-44(54)47(56)43(42-60-51-50(59)49(58)48(57)45(41-53)61-51)52-46(55)39-36-33-30-27-24-21-19-17-15-13-12-14-16-18-20-22-25-28-31-34-37-40-62(2,3)4/h43-45,47-51,53-54,56-59H,5-42H2,1-4H3,(H,52,55)/t43?,44?,45-,47?,48+,49+,50-,51+/m1/s1. The zero-order chi connectivity index (χ0) is 45.7. The van der Waals surface area contributed by atoms with Crippen molar-refractivity contribution < 1.29 is 44.9 Å². The Morgan fingerprint density at radius 2 is 0.952 bits per heavy atom. The molecule has 62 heavy (non-hydrogen) atoms. The van der Waals surface area contributed by atoms with Crippen LogP contribution in [0.25, 0.3) is 0 Å². The lowest BCUT2D eigenvalue weighted by atomic mass is 9.98. The summed E-state index contributed by atoms with van der Waals surface area (Å²) in [7, 11) is -0.839. The van der Waals surface area contributed by atoms with Crippen LogP contribution in [0.5, 0.6) is 0 Å². The van der Waals surface area contributed by atoms with Gasteiger partial charge in [0.25, 0.3) is 0 Å². The number of ether oxygens (including phenoxy) is 2. The van der Waals surface area contributed by atoms with Gasteiger partial charge in [-0.15, -0.1) is 0 Å². The Kier molecular flexibility index (Phi) is 37.9. The van der Waals surface area contributed by atoms with Gasteiger partial charge < -0.3 is 45.4 Å². The highest BCUT2D eigenvalue weighted by atomic mass is 28.3. The molecular formula is C51H103NO9Si. The van der Waals surface area contributed by atoms with Gasteiger partial charge in [0.15, 0.2) is 6.29 Å². The number of aliphatic hydroxyl groups is 6. The summed E-state index contributed by atoms with van der Waals surface area (Å²) >= 11 is 0. The molecule has 370 valence electrons. The number of hydrogen-bond donors (Lipinski definition) is 7. The number of carbonyl (C=O) groups is 1. The van der Waals surface area contributed by atoms with Crippen LogP contribution in [0, 0.1) is 0 Å². The number of rotatable bonds is 44. The monoisotopic (exact) mass is 902 g/mol. The summed E-state index contributed by atoms with van der Waals surface area (Å²) in [6.45, 7) is 8.80. The normalized spacial score (nSPS) is 21.0. The van der Waals surface area contributed by atoms with Gasteiger partial charge in [-0.05, 0) is 12.8 Å². The smallest absolute Gasteiger partial charge is 0.220 e. The molecule has 0 radical (unpaired) electrons. The van der Waals surface area contributed by atoms with E-state index in [1.165, 1.54) is 179 Å². The number of unbranched alkanes of at least 4 members (excludes halogenated alkanes) is 31. The van der Waals surface area contributed by atoms with Crippen molar-refractivity contribution in [3.8, 4) is 0 Å². The first-order chi connectivity index (χ1) is 29.9. The first kappa shape index (κ1) is 59.4. The molecule has 0 aromatic heterocycles. The minimum absolute atomic E-state index is 0.252. The van der Waals surface area contributed by atoms with Crippen LogP contribution in [0.4, 0.5) is 0 Å². The third-order valence-corrected chi connectivity index (χ3v) is 15.0. The number of aliphatic hydroxyl groups excluding tert-OH is 6. The largest absolute Gasteiger partial charge is 0.394 e. The lowest BCUT2D eigenvalue weighted by molar-refractivity contribution is -0.303. The van der Waals surface area contributed by atoms with E-state index in [9.17, 15) is 35.4 Å². The molecule has 8 atom stereocenters. The first-order valence-corrected chi connectivity index (χ1v) is 30.2. The molecule has 0 aliphatic carbocycles. The van der Waals surface area contributed by atoms with E-state index in [1.807, 2.05) is 0 Å². The predicted octanol–water partition coefficient (Wildman–Crippen LogP) is 11.0. The van der Waals surface area contributed by atoms with E-state index in [2.05, 4.69) is 31.9 Å². The quantitative estimate of drug-likeness (QED) is 0.0232. The van der Waals surface area contributed by atoms with E-state index in [1.54, 1.807) is 0 Å². The fraction of sp³-hybridized carbons (Fsp3) is 0.980. The first-order valence-electron chi connectivity index (χ1n) is 26.5. The number of hydrogen-bond acceptors (Lipinski definition) is 9. The molecule has 0 bridgehead atoms. The van der Waals surface area contributed by atoms with Crippen molar-refractivity contribution in [1.29, 1.82) is 0 Å². The summed E-state index contributed by atoms with van der Waals surface area (Å²) in [6.07, 6.45) is 32.8. The fourth-order valence-electron chi connectivity index (χ4n) is 8.84. The van der Waals surface area contributed by atoms with Crippen molar-refractivity contribution in [2.24, 2.45) is 0 Å². The van der Waals surface area contributed by atoms with Crippen molar-refractivity contribution >= 4 is 14.0 Å². The molecule has 1 heterocycles. The SMILES string of the molecule is CCCCCCCCCCCCCCC(O)C(O)C(CO[C@H]1O[C@H](CO)[C@H](O)[C@H](O)[C@H]1O)NC(=O)CCCCCCCCCCCCCCCCCCCCCCC[Si](C)(C)C. The van der Waals surface area contributed by atoms with Crippen molar-refractivity contribution in [3.05, 3.63) is 0 Å². The lowest BCUT2D eigenvalue weighted by Crippen LogP contribution is -2.60. The summed E-state index contributed by atoms with van der Waals surface area (Å²) in [5.41, 5.74) is 0. The van der Waals surface area contributed by atoms with Crippen molar-refractivity contribution in [3.63, 3.8) is 0 Å².